The van der Waals surface area contributed by atoms with Gasteiger partial charge >= 0.3 is 6.15 Å². The van der Waals surface area contributed by atoms with Crippen LogP contribution in [-0.2, 0) is 9.59 Å². The lowest BCUT2D eigenvalue weighted by molar-refractivity contribution is -0.191. The highest BCUT2D eigenvalue weighted by molar-refractivity contribution is 6.22. The molecule has 1 unspecified atom stereocenters. The molecular formula is C34H38N4O4. The molecule has 6 rings (SSSR count). The Labute approximate surface area is 246 Å². The largest absolute Gasteiger partial charge is 0.511 e. The molecule has 0 aromatic heterocycles. The molecule has 0 aromatic carbocycles. The summed E-state index contributed by atoms with van der Waals surface area (Å²) >= 11 is 0. The van der Waals surface area contributed by atoms with Crippen molar-refractivity contribution in [2.24, 2.45) is 26.8 Å². The Morgan fingerprint density at radius 2 is 1.71 bits per heavy atom. The first-order valence-electron chi connectivity index (χ1n) is 14.7. The fraction of sp³-hybridized carbons (Fsp3) is 0.412. The number of aliphatic imine (C=N–C) groups is 3. The highest BCUT2D eigenvalue weighted by Crippen LogP contribution is 2.45. The van der Waals surface area contributed by atoms with Crippen molar-refractivity contribution in [2.45, 2.75) is 80.3 Å². The van der Waals surface area contributed by atoms with Crippen LogP contribution in [0.2, 0.25) is 0 Å². The minimum atomic E-state index is -0.637. The van der Waals surface area contributed by atoms with Crippen LogP contribution in [-0.4, -0.2) is 39.6 Å². The molecule has 5 aliphatic heterocycles. The lowest BCUT2D eigenvalue weighted by Crippen LogP contribution is -2.15. The van der Waals surface area contributed by atoms with Crippen molar-refractivity contribution in [1.82, 2.24) is 5.32 Å². The predicted octanol–water partition coefficient (Wildman–Crippen LogP) is 6.26. The maximum atomic E-state index is 11.1. The molecule has 0 spiro atoms. The van der Waals surface area contributed by atoms with E-state index in [-0.39, 0.29) is 12.1 Å². The van der Waals surface area contributed by atoms with E-state index >= 15 is 0 Å². The fourth-order valence-electron chi connectivity index (χ4n) is 6.91. The minimum absolute atomic E-state index is 0.250. The standard InChI is InChI=1S/C33H38N4O2.CO2/c1-8-10-21-16(4)24-12-25-17(5)30(19(7)38)28(35-25)14-23-15(3)20(9-2)27(34-23)13-26-18(6)31-29(39)11-22(32(21)36-24)33(31)37-26;2-1-3/h12-15,19-20,34,38-39H,8-11H2,1-7H3;/t15-,19?,20-;/m1./s1. The number of aliphatic hydroxyl groups is 2. The van der Waals surface area contributed by atoms with Gasteiger partial charge < -0.3 is 15.5 Å². The van der Waals surface area contributed by atoms with Crippen LogP contribution in [0.1, 0.15) is 74.1 Å². The third kappa shape index (κ3) is 4.65. The van der Waals surface area contributed by atoms with Crippen LogP contribution in [0.5, 0.6) is 0 Å². The molecule has 1 fully saturated rings. The Morgan fingerprint density at radius 3 is 2.36 bits per heavy atom. The van der Waals surface area contributed by atoms with E-state index in [1.54, 1.807) is 0 Å². The molecule has 5 heterocycles. The first-order valence-corrected chi connectivity index (χ1v) is 14.7. The van der Waals surface area contributed by atoms with Gasteiger partial charge in [0.15, 0.2) is 0 Å². The molecule has 1 aliphatic carbocycles. The second kappa shape index (κ2) is 11.3. The maximum absolute atomic E-state index is 11.1. The van der Waals surface area contributed by atoms with Gasteiger partial charge in [0.25, 0.3) is 0 Å². The molecule has 0 saturated carbocycles. The molecule has 0 radical (unpaired) electrons. The van der Waals surface area contributed by atoms with Gasteiger partial charge in [-0.1, -0.05) is 27.2 Å². The first kappa shape index (κ1) is 29.4. The molecule has 8 heteroatoms. The summed E-state index contributed by atoms with van der Waals surface area (Å²) < 4.78 is 0. The summed E-state index contributed by atoms with van der Waals surface area (Å²) in [7, 11) is 0. The minimum Gasteiger partial charge on any atom is -0.511 e. The van der Waals surface area contributed by atoms with Crippen molar-refractivity contribution in [3.05, 3.63) is 91.5 Å². The predicted molar refractivity (Wildman–Crippen MR) is 164 cm³/mol. The van der Waals surface area contributed by atoms with Gasteiger partial charge in [0.05, 0.1) is 40.3 Å². The number of aliphatic hydroxyl groups excluding tert-OH is 2. The van der Waals surface area contributed by atoms with Crippen LogP contribution in [0.15, 0.2) is 106 Å². The van der Waals surface area contributed by atoms with Gasteiger partial charge in [0.2, 0.25) is 0 Å². The molecule has 42 heavy (non-hydrogen) atoms. The summed E-state index contributed by atoms with van der Waals surface area (Å²) in [5.74, 6) is 0.961. The van der Waals surface area contributed by atoms with Crippen molar-refractivity contribution in [2.75, 3.05) is 0 Å². The van der Waals surface area contributed by atoms with Crippen molar-refractivity contribution < 1.29 is 19.8 Å². The number of nitrogens with one attached hydrogen (secondary N) is 1. The van der Waals surface area contributed by atoms with Crippen LogP contribution in [0.3, 0.4) is 0 Å². The van der Waals surface area contributed by atoms with Gasteiger partial charge in [-0.3, -0.25) is 0 Å². The van der Waals surface area contributed by atoms with E-state index in [0.29, 0.717) is 18.1 Å². The van der Waals surface area contributed by atoms with Crippen molar-refractivity contribution in [3.63, 3.8) is 0 Å². The molecule has 0 amide bonds. The van der Waals surface area contributed by atoms with Gasteiger partial charge in [-0.05, 0) is 81.1 Å². The second-order valence-electron chi connectivity index (χ2n) is 11.6. The van der Waals surface area contributed by atoms with Gasteiger partial charge in [0.1, 0.15) is 5.76 Å². The van der Waals surface area contributed by atoms with E-state index in [4.69, 9.17) is 24.6 Å². The lowest BCUT2D eigenvalue weighted by atomic mass is 9.89. The van der Waals surface area contributed by atoms with Crippen LogP contribution in [0.4, 0.5) is 0 Å². The Morgan fingerprint density at radius 1 is 1.00 bits per heavy atom. The van der Waals surface area contributed by atoms with Gasteiger partial charge in [-0.15, -0.1) is 0 Å². The summed E-state index contributed by atoms with van der Waals surface area (Å²) in [6.07, 6.45) is 9.29. The Kier molecular flexibility index (Phi) is 7.88. The molecule has 8 nitrogen and oxygen atoms in total. The Balaban J connectivity index is 0.00000113. The zero-order chi connectivity index (χ0) is 30.5. The number of fused-ring (bicyclic) bond motifs is 5. The monoisotopic (exact) mass is 566 g/mol. The molecule has 218 valence electrons. The lowest BCUT2D eigenvalue weighted by Gasteiger charge is -2.13. The Hall–Kier alpha value is -4.13. The van der Waals surface area contributed by atoms with E-state index in [2.05, 4.69) is 58.2 Å². The zero-order valence-corrected chi connectivity index (χ0v) is 25.3. The summed E-state index contributed by atoms with van der Waals surface area (Å²) in [6.45, 7) is 14.7. The summed E-state index contributed by atoms with van der Waals surface area (Å²) in [5.41, 5.74) is 14.6. The third-order valence-electron chi connectivity index (χ3n) is 9.09. The summed E-state index contributed by atoms with van der Waals surface area (Å²) in [5, 5.41) is 25.6. The number of nitrogens with zero attached hydrogens (tertiary/aromatic N) is 3. The van der Waals surface area contributed by atoms with Crippen molar-refractivity contribution in [1.29, 1.82) is 0 Å². The summed E-state index contributed by atoms with van der Waals surface area (Å²) in [4.78, 5) is 31.6. The molecule has 1 saturated heterocycles. The molecule has 3 atom stereocenters. The molecule has 6 aliphatic rings. The average molecular weight is 567 g/mol. The maximum Gasteiger partial charge on any atom is 0.373 e. The first-order chi connectivity index (χ1) is 20.1. The zero-order valence-electron chi connectivity index (χ0n) is 25.3. The number of rotatable bonds is 4. The summed E-state index contributed by atoms with van der Waals surface area (Å²) in [6, 6.07) is 0. The number of hydrogen-bond acceptors (Lipinski definition) is 8. The quantitative estimate of drug-likeness (QED) is 0.371. The molecule has 8 bridgehead atoms. The number of hydrogen-bond donors (Lipinski definition) is 3. The second-order valence-corrected chi connectivity index (χ2v) is 11.6. The Bertz CT molecular complexity index is 1660. The SMILES string of the molecule is CCCC1=C(C)C2=NC1=C1CC(O)=C3C1=NC(=C3C)C=C1NC(=CC3=NC(=C2)C(C)=C3C(C)O)[C@H](C)[C@H]1CC.O=C=O. The van der Waals surface area contributed by atoms with Crippen molar-refractivity contribution >= 4 is 23.3 Å². The normalized spacial score (nSPS) is 25.0. The van der Waals surface area contributed by atoms with E-state index < -0.39 is 6.10 Å². The number of allylic oxidation sites excluding steroid dienone is 11. The van der Waals surface area contributed by atoms with Gasteiger partial charge in [-0.2, -0.15) is 9.59 Å². The van der Waals surface area contributed by atoms with E-state index in [1.165, 1.54) is 5.57 Å². The fourth-order valence-corrected chi connectivity index (χ4v) is 6.91. The van der Waals surface area contributed by atoms with E-state index in [9.17, 15) is 10.2 Å². The smallest absolute Gasteiger partial charge is 0.373 e. The van der Waals surface area contributed by atoms with Gasteiger partial charge in [0, 0.05) is 46.4 Å². The average Bonchev–Trinajstić information content (AvgIpc) is 3.68. The van der Waals surface area contributed by atoms with E-state index in [1.807, 2.05) is 13.8 Å². The van der Waals surface area contributed by atoms with Crippen molar-refractivity contribution in [3.8, 4) is 0 Å². The van der Waals surface area contributed by atoms with Crippen LogP contribution in [0.25, 0.3) is 0 Å². The molecular weight excluding hydrogens is 528 g/mol. The molecule has 0 aromatic rings. The highest BCUT2D eigenvalue weighted by Gasteiger charge is 2.38. The topological polar surface area (TPSA) is 124 Å². The van der Waals surface area contributed by atoms with Crippen LogP contribution >= 0.6 is 0 Å². The third-order valence-corrected chi connectivity index (χ3v) is 9.09. The number of carbonyl (C=O) groups excluding carboxylic acids is 2. The molecule has 3 N–H and O–H groups in total. The highest BCUT2D eigenvalue weighted by atomic mass is 16.3. The van der Waals surface area contributed by atoms with Gasteiger partial charge in [-0.25, -0.2) is 15.0 Å². The van der Waals surface area contributed by atoms with E-state index in [0.717, 1.165) is 98.3 Å². The van der Waals surface area contributed by atoms with Crippen LogP contribution < -0.4 is 5.32 Å². The van der Waals surface area contributed by atoms with Crippen LogP contribution in [0, 0.1) is 11.8 Å².